The molecule has 2 amide bonds. The maximum Gasteiger partial charge on any atom is 0.308 e. The lowest BCUT2D eigenvalue weighted by atomic mass is 9.81. The van der Waals surface area contributed by atoms with Gasteiger partial charge in [-0.2, -0.15) is 0 Å². The van der Waals surface area contributed by atoms with Crippen LogP contribution in [0.5, 0.6) is 0 Å². The van der Waals surface area contributed by atoms with Crippen molar-refractivity contribution in [2.24, 2.45) is 0 Å². The van der Waals surface area contributed by atoms with E-state index in [4.69, 9.17) is 9.47 Å². The molecule has 2 aromatic carbocycles. The minimum absolute atomic E-state index is 0.0311. The van der Waals surface area contributed by atoms with E-state index in [1.54, 1.807) is 4.90 Å². The van der Waals surface area contributed by atoms with Gasteiger partial charge in [-0.05, 0) is 44.7 Å². The number of ether oxygens (including phenoxy) is 2. The first-order valence-corrected chi connectivity index (χ1v) is 13.4. The van der Waals surface area contributed by atoms with E-state index < -0.39 is 17.2 Å². The predicted octanol–water partition coefficient (Wildman–Crippen LogP) is 3.30. The molecule has 0 radical (unpaired) electrons. The third-order valence-electron chi connectivity index (χ3n) is 7.10. The number of nitrogens with zero attached hydrogens (tertiary/aromatic N) is 2. The zero-order valence-corrected chi connectivity index (χ0v) is 22.7. The molecule has 2 aliphatic heterocycles. The fourth-order valence-corrected chi connectivity index (χ4v) is 5.20. The third-order valence-corrected chi connectivity index (χ3v) is 7.10. The number of amides is 2. The second-order valence-electron chi connectivity index (χ2n) is 11.1. The minimum atomic E-state index is -0.984. The van der Waals surface area contributed by atoms with Crippen molar-refractivity contribution < 1.29 is 23.9 Å². The van der Waals surface area contributed by atoms with E-state index in [-0.39, 0.29) is 37.4 Å². The summed E-state index contributed by atoms with van der Waals surface area (Å²) in [5.41, 5.74) is 0.604. The van der Waals surface area contributed by atoms with Gasteiger partial charge < -0.3 is 19.7 Å². The molecule has 2 heterocycles. The van der Waals surface area contributed by atoms with E-state index in [1.165, 1.54) is 5.56 Å². The van der Waals surface area contributed by atoms with Gasteiger partial charge in [-0.15, -0.1) is 0 Å². The van der Waals surface area contributed by atoms with Crippen LogP contribution in [0, 0.1) is 0 Å². The lowest BCUT2D eigenvalue weighted by molar-refractivity contribution is -0.166. The Morgan fingerprint density at radius 1 is 0.974 bits per heavy atom. The summed E-state index contributed by atoms with van der Waals surface area (Å²) in [6.45, 7) is 8.13. The predicted molar refractivity (Wildman–Crippen MR) is 144 cm³/mol. The van der Waals surface area contributed by atoms with E-state index in [9.17, 15) is 14.4 Å². The summed E-state index contributed by atoms with van der Waals surface area (Å²) in [6.07, 6.45) is 1.04. The molecule has 1 atom stereocenters. The summed E-state index contributed by atoms with van der Waals surface area (Å²) in [7, 11) is 0. The van der Waals surface area contributed by atoms with E-state index in [2.05, 4.69) is 22.3 Å². The van der Waals surface area contributed by atoms with Gasteiger partial charge in [-0.3, -0.25) is 19.3 Å². The van der Waals surface area contributed by atoms with Crippen molar-refractivity contribution in [2.75, 3.05) is 26.2 Å². The first kappa shape index (κ1) is 27.8. The molecule has 0 bridgehead atoms. The Hall–Kier alpha value is -3.23. The van der Waals surface area contributed by atoms with E-state index >= 15 is 0 Å². The van der Waals surface area contributed by atoms with Crippen molar-refractivity contribution in [2.45, 2.75) is 70.4 Å². The highest BCUT2D eigenvalue weighted by Gasteiger charge is 2.53. The Bertz CT molecular complexity index is 1090. The molecule has 0 aromatic heterocycles. The molecule has 0 saturated carbocycles. The van der Waals surface area contributed by atoms with Crippen molar-refractivity contribution in [3.05, 3.63) is 71.8 Å². The van der Waals surface area contributed by atoms with Crippen molar-refractivity contribution in [3.8, 4) is 0 Å². The average molecular weight is 522 g/mol. The van der Waals surface area contributed by atoms with Crippen LogP contribution in [-0.4, -0.2) is 71.0 Å². The smallest absolute Gasteiger partial charge is 0.308 e. The number of hydrogen-bond donors (Lipinski definition) is 1. The highest BCUT2D eigenvalue weighted by atomic mass is 16.6. The van der Waals surface area contributed by atoms with Gasteiger partial charge >= 0.3 is 5.97 Å². The molecule has 204 valence electrons. The molecule has 1 N–H and O–H groups in total. The zero-order valence-electron chi connectivity index (χ0n) is 22.7. The molecule has 8 heteroatoms. The van der Waals surface area contributed by atoms with Crippen LogP contribution >= 0.6 is 0 Å². The molecule has 1 unspecified atom stereocenters. The number of carbonyl (C=O) groups excluding carboxylic acids is 3. The number of esters is 1. The summed E-state index contributed by atoms with van der Waals surface area (Å²) in [6, 6.07) is 19.1. The van der Waals surface area contributed by atoms with Gasteiger partial charge in [-0.25, -0.2) is 0 Å². The van der Waals surface area contributed by atoms with Crippen LogP contribution in [-0.2, 0) is 37.0 Å². The molecule has 2 saturated heterocycles. The van der Waals surface area contributed by atoms with Gasteiger partial charge in [0.1, 0.15) is 17.2 Å². The molecule has 2 aromatic rings. The Balaban J connectivity index is 1.45. The number of hydrogen-bond acceptors (Lipinski definition) is 6. The van der Waals surface area contributed by atoms with Crippen LogP contribution in [0.25, 0.3) is 0 Å². The van der Waals surface area contributed by atoms with Gasteiger partial charge in [0, 0.05) is 26.2 Å². The number of piperidine rings is 1. The molecular formula is C30H39N3O5. The Labute approximate surface area is 225 Å². The normalized spacial score (nSPS) is 19.9. The fraction of sp³-hybridized carbons (Fsp3) is 0.500. The zero-order chi connectivity index (χ0) is 27.2. The summed E-state index contributed by atoms with van der Waals surface area (Å²) < 4.78 is 11.3. The second kappa shape index (κ2) is 12.1. The highest BCUT2D eigenvalue weighted by Crippen LogP contribution is 2.34. The first-order chi connectivity index (χ1) is 18.2. The van der Waals surface area contributed by atoms with Crippen LogP contribution in [0.1, 0.15) is 51.2 Å². The summed E-state index contributed by atoms with van der Waals surface area (Å²) in [5, 5.41) is 2.94. The average Bonchev–Trinajstić information content (AvgIpc) is 2.88. The number of piperazine rings is 1. The Morgan fingerprint density at radius 2 is 1.58 bits per heavy atom. The lowest BCUT2D eigenvalue weighted by Gasteiger charge is -2.51. The molecule has 4 rings (SSSR count). The van der Waals surface area contributed by atoms with Crippen LogP contribution in [0.15, 0.2) is 60.7 Å². The highest BCUT2D eigenvalue weighted by molar-refractivity contribution is 6.00. The standard InChI is InChI=1S/C30H39N3O5/c1-29(2,3)38-26(34)14-17-33-27(35)25(22-37-21-24-12-8-5-9-13-24)31-28(36)30(33)15-18-32(19-16-30)20-23-10-6-4-7-11-23/h4-13,25H,14-22H2,1-3H3,(H,31,36). The van der Waals surface area contributed by atoms with Gasteiger partial charge in [0.05, 0.1) is 19.6 Å². The molecule has 1 spiro atoms. The van der Waals surface area contributed by atoms with Gasteiger partial charge in [0.25, 0.3) is 0 Å². The molecule has 0 aliphatic carbocycles. The topological polar surface area (TPSA) is 88.2 Å². The Kier molecular flexibility index (Phi) is 8.84. The van der Waals surface area contributed by atoms with E-state index in [0.29, 0.717) is 32.5 Å². The van der Waals surface area contributed by atoms with Crippen LogP contribution in [0.4, 0.5) is 0 Å². The van der Waals surface area contributed by atoms with Crippen molar-refractivity contribution in [1.29, 1.82) is 0 Å². The molecule has 38 heavy (non-hydrogen) atoms. The SMILES string of the molecule is CC(C)(C)OC(=O)CCN1C(=O)C(COCc2ccccc2)NC(=O)C12CCN(Cc1ccccc1)CC2. The largest absolute Gasteiger partial charge is 0.460 e. The number of likely N-dealkylation sites (tertiary alicyclic amines) is 1. The van der Waals surface area contributed by atoms with Crippen molar-refractivity contribution in [3.63, 3.8) is 0 Å². The Morgan fingerprint density at radius 3 is 2.18 bits per heavy atom. The molecule has 8 nitrogen and oxygen atoms in total. The monoisotopic (exact) mass is 521 g/mol. The summed E-state index contributed by atoms with van der Waals surface area (Å²) >= 11 is 0. The van der Waals surface area contributed by atoms with E-state index in [1.807, 2.05) is 69.3 Å². The molecule has 2 aliphatic rings. The number of rotatable bonds is 9. The van der Waals surface area contributed by atoms with Gasteiger partial charge in [0.15, 0.2) is 0 Å². The van der Waals surface area contributed by atoms with Gasteiger partial charge in [-0.1, -0.05) is 60.7 Å². The molecule has 2 fully saturated rings. The fourth-order valence-electron chi connectivity index (χ4n) is 5.20. The van der Waals surface area contributed by atoms with Crippen molar-refractivity contribution in [1.82, 2.24) is 15.1 Å². The van der Waals surface area contributed by atoms with Crippen LogP contribution < -0.4 is 5.32 Å². The van der Waals surface area contributed by atoms with E-state index in [0.717, 1.165) is 12.1 Å². The maximum atomic E-state index is 13.7. The second-order valence-corrected chi connectivity index (χ2v) is 11.1. The van der Waals surface area contributed by atoms with Crippen molar-refractivity contribution >= 4 is 17.8 Å². The summed E-state index contributed by atoms with van der Waals surface area (Å²) in [4.78, 5) is 43.8. The number of carbonyl (C=O) groups is 3. The number of benzene rings is 2. The van der Waals surface area contributed by atoms with Crippen LogP contribution in [0.2, 0.25) is 0 Å². The summed E-state index contributed by atoms with van der Waals surface area (Å²) in [5.74, 6) is -0.767. The first-order valence-electron chi connectivity index (χ1n) is 13.4. The van der Waals surface area contributed by atoms with Crippen LogP contribution in [0.3, 0.4) is 0 Å². The quantitative estimate of drug-likeness (QED) is 0.510. The maximum absolute atomic E-state index is 13.7. The van der Waals surface area contributed by atoms with Gasteiger partial charge in [0.2, 0.25) is 11.8 Å². The lowest BCUT2D eigenvalue weighted by Crippen LogP contribution is -2.73. The molecular weight excluding hydrogens is 482 g/mol. The third kappa shape index (κ3) is 6.99. The minimum Gasteiger partial charge on any atom is -0.460 e. The number of nitrogens with one attached hydrogen (secondary N) is 1.